The Labute approximate surface area is 79.6 Å². The maximum Gasteiger partial charge on any atom is 0.505 e. The molecule has 0 aliphatic rings. The average Bonchev–Trinajstić information content (AvgIpc) is 2.00. The summed E-state index contributed by atoms with van der Waals surface area (Å²) in [6.45, 7) is -1.21. The number of rotatable bonds is 4. The molecule has 0 fully saturated rings. The molecule has 9 heteroatoms. The van der Waals surface area contributed by atoms with Crippen molar-refractivity contribution in [3.8, 4) is 0 Å². The highest BCUT2D eigenvalue weighted by Gasteiger charge is 2.56. The van der Waals surface area contributed by atoms with Gasteiger partial charge in [-0.3, -0.25) is 0 Å². The van der Waals surface area contributed by atoms with Crippen LogP contribution in [0.2, 0.25) is 0 Å². The fourth-order valence-electron chi connectivity index (χ4n) is 0.641. The fourth-order valence-corrected chi connectivity index (χ4v) is 0.641. The van der Waals surface area contributed by atoms with Crippen molar-refractivity contribution in [3.63, 3.8) is 0 Å². The van der Waals surface area contributed by atoms with E-state index >= 15 is 0 Å². The van der Waals surface area contributed by atoms with Crippen molar-refractivity contribution in [3.05, 3.63) is 0 Å². The molecule has 0 radical (unpaired) electrons. The van der Waals surface area contributed by atoms with Gasteiger partial charge in [-0.2, -0.15) is 13.2 Å². The number of halogens is 6. The van der Waals surface area contributed by atoms with E-state index in [1.807, 2.05) is 0 Å². The van der Waals surface area contributed by atoms with E-state index in [0.717, 1.165) is 0 Å². The van der Waals surface area contributed by atoms with Crippen LogP contribution in [0.15, 0.2) is 0 Å². The monoisotopic (exact) mass is 240 g/mol. The SMILES string of the molecule is O=C(O)OCCC(F)(F)C(F)C(F)(F)F. The lowest BCUT2D eigenvalue weighted by Gasteiger charge is -2.21. The molecule has 0 heterocycles. The molecule has 0 aliphatic heterocycles. The summed E-state index contributed by atoms with van der Waals surface area (Å²) in [5.74, 6) is -4.70. The third-order valence-corrected chi connectivity index (χ3v) is 1.32. The molecule has 1 atom stereocenters. The van der Waals surface area contributed by atoms with Crippen molar-refractivity contribution in [2.24, 2.45) is 0 Å². The van der Waals surface area contributed by atoms with E-state index in [1.54, 1.807) is 0 Å². The van der Waals surface area contributed by atoms with Gasteiger partial charge in [0.2, 0.25) is 0 Å². The quantitative estimate of drug-likeness (QED) is 0.606. The van der Waals surface area contributed by atoms with Gasteiger partial charge in [-0.1, -0.05) is 0 Å². The number of hydrogen-bond donors (Lipinski definition) is 1. The Morgan fingerprint density at radius 1 is 1.27 bits per heavy atom. The van der Waals surface area contributed by atoms with Gasteiger partial charge in [0.25, 0.3) is 12.1 Å². The molecular weight excluding hydrogens is 234 g/mol. The number of hydrogen-bond acceptors (Lipinski definition) is 2. The molecule has 1 unspecified atom stereocenters. The van der Waals surface area contributed by atoms with Gasteiger partial charge < -0.3 is 9.84 Å². The predicted molar refractivity (Wildman–Crippen MR) is 34.5 cm³/mol. The second-order valence-electron chi connectivity index (χ2n) is 2.53. The van der Waals surface area contributed by atoms with Crippen LogP contribution in [0, 0.1) is 0 Å². The lowest BCUT2D eigenvalue weighted by molar-refractivity contribution is -0.247. The van der Waals surface area contributed by atoms with E-state index in [2.05, 4.69) is 4.74 Å². The van der Waals surface area contributed by atoms with Crippen LogP contribution in [0.5, 0.6) is 0 Å². The maximum absolute atomic E-state index is 12.4. The van der Waals surface area contributed by atoms with Crippen LogP contribution in [-0.4, -0.2) is 36.1 Å². The van der Waals surface area contributed by atoms with Gasteiger partial charge in [0.1, 0.15) is 6.61 Å². The first-order valence-electron chi connectivity index (χ1n) is 3.51. The molecule has 15 heavy (non-hydrogen) atoms. The molecule has 90 valence electrons. The van der Waals surface area contributed by atoms with Gasteiger partial charge in [0.05, 0.1) is 0 Å². The van der Waals surface area contributed by atoms with E-state index < -0.39 is 37.5 Å². The molecule has 0 rings (SSSR count). The number of alkyl halides is 6. The Morgan fingerprint density at radius 3 is 2.07 bits per heavy atom. The zero-order chi connectivity index (χ0) is 12.3. The Bertz CT molecular complexity index is 225. The highest BCUT2D eigenvalue weighted by molar-refractivity contribution is 5.56. The maximum atomic E-state index is 12.4. The van der Waals surface area contributed by atoms with Gasteiger partial charge in [-0.25, -0.2) is 18.0 Å². The van der Waals surface area contributed by atoms with Crippen molar-refractivity contribution in [2.45, 2.75) is 24.7 Å². The Hall–Kier alpha value is -1.15. The minimum Gasteiger partial charge on any atom is -0.450 e. The fraction of sp³-hybridized carbons (Fsp3) is 0.833. The summed E-state index contributed by atoms with van der Waals surface area (Å²) < 4.78 is 75.0. The second-order valence-corrected chi connectivity index (χ2v) is 2.53. The summed E-state index contributed by atoms with van der Waals surface area (Å²) in [6.07, 6.45) is -13.6. The van der Waals surface area contributed by atoms with Crippen molar-refractivity contribution < 1.29 is 41.0 Å². The molecule has 0 aromatic rings. The standard InChI is InChI=1S/C6H6F6O3/c7-3(6(10,11)12)5(8,9)1-2-15-4(13)14/h3H,1-2H2,(H,13,14). The van der Waals surface area contributed by atoms with Crippen LogP contribution in [0.25, 0.3) is 0 Å². The van der Waals surface area contributed by atoms with Crippen molar-refractivity contribution in [1.82, 2.24) is 0 Å². The number of carbonyl (C=O) groups is 1. The second kappa shape index (κ2) is 4.58. The molecule has 0 bridgehead atoms. The van der Waals surface area contributed by atoms with Crippen molar-refractivity contribution in [2.75, 3.05) is 6.61 Å². The lowest BCUT2D eigenvalue weighted by atomic mass is 10.1. The first-order valence-corrected chi connectivity index (χ1v) is 3.51. The normalized spacial score (nSPS) is 14.8. The molecule has 1 N–H and O–H groups in total. The third kappa shape index (κ3) is 4.75. The van der Waals surface area contributed by atoms with Gasteiger partial charge in [0.15, 0.2) is 0 Å². The average molecular weight is 240 g/mol. The summed E-state index contributed by atoms with van der Waals surface area (Å²) in [5, 5.41) is 7.83. The molecular formula is C6H6F6O3. The Balaban J connectivity index is 4.23. The van der Waals surface area contributed by atoms with E-state index in [1.165, 1.54) is 0 Å². The minimum absolute atomic E-state index is 1.21. The molecule has 0 amide bonds. The number of carboxylic acid groups (broad SMARTS) is 1. The summed E-state index contributed by atoms with van der Waals surface area (Å²) >= 11 is 0. The smallest absolute Gasteiger partial charge is 0.450 e. The minimum atomic E-state index is -5.69. The predicted octanol–water partition coefficient (Wildman–Crippen LogP) is 2.61. The van der Waals surface area contributed by atoms with E-state index in [0.29, 0.717) is 0 Å². The Kier molecular flexibility index (Phi) is 4.23. The molecule has 0 spiro atoms. The molecule has 3 nitrogen and oxygen atoms in total. The van der Waals surface area contributed by atoms with Gasteiger partial charge >= 0.3 is 12.3 Å². The molecule has 0 saturated carbocycles. The molecule has 0 aliphatic carbocycles. The zero-order valence-electron chi connectivity index (χ0n) is 7.02. The molecule has 0 aromatic carbocycles. The first kappa shape index (κ1) is 13.8. The Morgan fingerprint density at radius 2 is 1.73 bits per heavy atom. The van der Waals surface area contributed by atoms with E-state index in [-0.39, 0.29) is 0 Å². The lowest BCUT2D eigenvalue weighted by Crippen LogP contribution is -2.42. The number of ether oxygens (including phenoxy) is 1. The van der Waals surface area contributed by atoms with Crippen LogP contribution in [0.1, 0.15) is 6.42 Å². The van der Waals surface area contributed by atoms with Crippen LogP contribution in [-0.2, 0) is 4.74 Å². The summed E-state index contributed by atoms with van der Waals surface area (Å²) in [4.78, 5) is 9.67. The largest absolute Gasteiger partial charge is 0.505 e. The zero-order valence-corrected chi connectivity index (χ0v) is 7.02. The van der Waals surface area contributed by atoms with Crippen LogP contribution in [0.4, 0.5) is 31.1 Å². The molecule has 0 saturated heterocycles. The highest BCUT2D eigenvalue weighted by Crippen LogP contribution is 2.36. The van der Waals surface area contributed by atoms with Gasteiger partial charge in [-0.15, -0.1) is 0 Å². The summed E-state index contributed by atoms with van der Waals surface area (Å²) in [7, 11) is 0. The summed E-state index contributed by atoms with van der Waals surface area (Å²) in [6, 6.07) is 0. The first-order chi connectivity index (χ1) is 6.57. The van der Waals surface area contributed by atoms with E-state index in [4.69, 9.17) is 5.11 Å². The van der Waals surface area contributed by atoms with Crippen molar-refractivity contribution in [1.29, 1.82) is 0 Å². The van der Waals surface area contributed by atoms with Gasteiger partial charge in [0, 0.05) is 6.42 Å². The van der Waals surface area contributed by atoms with E-state index in [9.17, 15) is 31.1 Å². The van der Waals surface area contributed by atoms with Crippen molar-refractivity contribution >= 4 is 6.16 Å². The third-order valence-electron chi connectivity index (χ3n) is 1.32. The van der Waals surface area contributed by atoms with Crippen LogP contribution < -0.4 is 0 Å². The van der Waals surface area contributed by atoms with Crippen LogP contribution in [0.3, 0.4) is 0 Å². The van der Waals surface area contributed by atoms with Gasteiger partial charge in [-0.05, 0) is 0 Å². The summed E-state index contributed by atoms with van der Waals surface area (Å²) in [5.41, 5.74) is 0. The highest BCUT2D eigenvalue weighted by atomic mass is 19.4. The van der Waals surface area contributed by atoms with Crippen LogP contribution >= 0.6 is 0 Å². The topological polar surface area (TPSA) is 46.5 Å². The molecule has 0 aromatic heterocycles.